The van der Waals surface area contributed by atoms with Crippen LogP contribution in [0.5, 0.6) is 0 Å². The summed E-state index contributed by atoms with van der Waals surface area (Å²) in [6.07, 6.45) is -0.187. The van der Waals surface area contributed by atoms with Crippen molar-refractivity contribution in [2.24, 2.45) is 5.41 Å². The second kappa shape index (κ2) is 4.63. The molecule has 0 aromatic heterocycles. The molecule has 0 aromatic rings. The zero-order valence-electron chi connectivity index (χ0n) is 6.63. The molecule has 0 heterocycles. The minimum Gasteiger partial charge on any atom is -0.0648 e. The lowest BCUT2D eigenvalue weighted by Gasteiger charge is -2.17. The molecule has 60 valence electrons. The third kappa shape index (κ3) is 5.57. The zero-order chi connectivity index (χ0) is 8.20. The molecule has 0 N–H and O–H groups in total. The molecule has 0 radical (unpaired) electrons. The highest BCUT2D eigenvalue weighted by atomic mass is 33.1. The van der Waals surface area contributed by atoms with E-state index in [1.807, 2.05) is 0 Å². The van der Waals surface area contributed by atoms with Gasteiger partial charge in [0.1, 0.15) is 23.6 Å². The topological polar surface area (TPSA) is 17.1 Å². The molecule has 1 unspecified atom stereocenters. The molecule has 0 aliphatic heterocycles. The van der Waals surface area contributed by atoms with Crippen molar-refractivity contribution in [1.82, 2.24) is 0 Å². The van der Waals surface area contributed by atoms with Gasteiger partial charge in [-0.25, -0.2) is 0 Å². The second-order valence-corrected chi connectivity index (χ2v) is 7.72. The Balaban J connectivity index is 3.56. The molecule has 0 rings (SSSR count). The predicted molar refractivity (Wildman–Crippen MR) is 53.1 cm³/mol. The lowest BCUT2D eigenvalue weighted by molar-refractivity contribution is 0.408. The maximum absolute atomic E-state index is 10.6. The van der Waals surface area contributed by atoms with E-state index in [0.717, 1.165) is 12.2 Å². The van der Waals surface area contributed by atoms with Gasteiger partial charge >= 0.3 is 6.20 Å². The van der Waals surface area contributed by atoms with Gasteiger partial charge in [-0.05, 0) is 9.98 Å². The van der Waals surface area contributed by atoms with Crippen LogP contribution < -0.4 is 0 Å². The molecule has 0 bridgehead atoms. The first kappa shape index (κ1) is 10.8. The average Bonchev–Trinajstić information content (AvgIpc) is 1.85. The van der Waals surface area contributed by atoms with E-state index in [4.69, 9.17) is 0 Å². The summed E-state index contributed by atoms with van der Waals surface area (Å²) < 4.78 is 10.6. The fraction of sp³-hybridized carbons (Fsp3) is 1.00. The summed E-state index contributed by atoms with van der Waals surface area (Å²) in [5.74, 6) is 0.933. The molecule has 0 fully saturated rings. The van der Waals surface area contributed by atoms with Crippen LogP contribution in [0, 0.1) is 5.41 Å². The van der Waals surface area contributed by atoms with Crippen LogP contribution in [0.25, 0.3) is 0 Å². The van der Waals surface area contributed by atoms with E-state index in [-0.39, 0.29) is 0 Å². The van der Waals surface area contributed by atoms with Crippen LogP contribution in [0.15, 0.2) is 0 Å². The Morgan fingerprint density at radius 2 is 2.10 bits per heavy atom. The number of thiol groups is 1. The Kier molecular flexibility index (Phi) is 5.00. The minimum absolute atomic E-state index is 0.304. The van der Waals surface area contributed by atoms with E-state index in [1.165, 1.54) is 11.4 Å². The van der Waals surface area contributed by atoms with Crippen LogP contribution in [0.1, 0.15) is 27.2 Å². The maximum atomic E-state index is 10.6. The largest absolute Gasteiger partial charge is 0.480 e. The Morgan fingerprint density at radius 3 is 2.40 bits per heavy atom. The van der Waals surface area contributed by atoms with Crippen molar-refractivity contribution in [3.05, 3.63) is 0 Å². The summed E-state index contributed by atoms with van der Waals surface area (Å²) in [6, 6.07) is 0. The molecule has 0 spiro atoms. The summed E-state index contributed by atoms with van der Waals surface area (Å²) in [7, 11) is 0. The molecule has 1 atom stereocenters. The van der Waals surface area contributed by atoms with Crippen LogP contribution in [0.2, 0.25) is 0 Å². The predicted octanol–water partition coefficient (Wildman–Crippen LogP) is 3.74. The SMILES string of the molecule is CCC(C)(C)CS[P+](=O)S. The van der Waals surface area contributed by atoms with Gasteiger partial charge in [-0.3, -0.25) is 0 Å². The molecule has 0 aromatic carbocycles. The first-order valence-corrected chi connectivity index (χ1v) is 7.27. The van der Waals surface area contributed by atoms with Crippen molar-refractivity contribution in [2.45, 2.75) is 27.2 Å². The number of hydrogen-bond donors (Lipinski definition) is 1. The monoisotopic (exact) mass is 197 g/mol. The quantitative estimate of drug-likeness (QED) is 0.546. The summed E-state index contributed by atoms with van der Waals surface area (Å²) in [5.41, 5.74) is 0.304. The highest BCUT2D eigenvalue weighted by molar-refractivity contribution is 8.79. The van der Waals surface area contributed by atoms with Crippen LogP contribution in [0.3, 0.4) is 0 Å². The third-order valence-corrected chi connectivity index (χ3v) is 4.74. The average molecular weight is 197 g/mol. The molecular weight excluding hydrogens is 183 g/mol. The highest BCUT2D eigenvalue weighted by Gasteiger charge is 2.21. The summed E-state index contributed by atoms with van der Waals surface area (Å²) >= 11 is 5.26. The van der Waals surface area contributed by atoms with Crippen molar-refractivity contribution in [2.75, 3.05) is 5.75 Å². The van der Waals surface area contributed by atoms with Crippen molar-refractivity contribution in [3.8, 4) is 0 Å². The van der Waals surface area contributed by atoms with Crippen molar-refractivity contribution < 1.29 is 4.57 Å². The van der Waals surface area contributed by atoms with Crippen LogP contribution in [0.4, 0.5) is 0 Å². The molecular formula is C6H14OPS2+. The van der Waals surface area contributed by atoms with Crippen molar-refractivity contribution >= 4 is 29.8 Å². The minimum atomic E-state index is -1.31. The van der Waals surface area contributed by atoms with Gasteiger partial charge in [0, 0.05) is 5.75 Å². The smallest absolute Gasteiger partial charge is 0.0648 e. The van der Waals surface area contributed by atoms with Gasteiger partial charge in [-0.1, -0.05) is 27.2 Å². The Morgan fingerprint density at radius 1 is 1.60 bits per heavy atom. The van der Waals surface area contributed by atoms with Gasteiger partial charge in [0.2, 0.25) is 0 Å². The third-order valence-electron chi connectivity index (χ3n) is 1.52. The first-order valence-electron chi connectivity index (χ1n) is 3.27. The van der Waals surface area contributed by atoms with Crippen LogP contribution in [-0.2, 0) is 4.57 Å². The van der Waals surface area contributed by atoms with E-state index in [9.17, 15) is 4.57 Å². The molecule has 0 saturated carbocycles. The summed E-state index contributed by atoms with van der Waals surface area (Å²) in [4.78, 5) is 0. The van der Waals surface area contributed by atoms with Gasteiger partial charge in [0.25, 0.3) is 0 Å². The molecule has 0 amide bonds. The van der Waals surface area contributed by atoms with E-state index in [0.29, 0.717) is 5.41 Å². The van der Waals surface area contributed by atoms with Gasteiger partial charge in [-0.15, -0.1) is 0 Å². The van der Waals surface area contributed by atoms with Gasteiger partial charge in [0.15, 0.2) is 0 Å². The van der Waals surface area contributed by atoms with Gasteiger partial charge < -0.3 is 0 Å². The van der Waals surface area contributed by atoms with Crippen molar-refractivity contribution in [1.29, 1.82) is 0 Å². The molecule has 1 nitrogen and oxygen atoms in total. The molecule has 0 aliphatic rings. The fourth-order valence-corrected chi connectivity index (χ4v) is 2.90. The van der Waals surface area contributed by atoms with Crippen LogP contribution in [-0.4, -0.2) is 5.75 Å². The standard InChI is InChI=1S/C6H13OPS2/c1-4-6(2,3)5-10-8(7)9/h4-5H2,1-3H3/p+1. The van der Waals surface area contributed by atoms with E-state index in [2.05, 4.69) is 33.0 Å². The zero-order valence-corrected chi connectivity index (χ0v) is 9.23. The fourth-order valence-electron chi connectivity index (χ4n) is 0.332. The number of hydrogen-bond acceptors (Lipinski definition) is 2. The summed E-state index contributed by atoms with van der Waals surface area (Å²) in [5, 5.41) is 0. The number of rotatable bonds is 4. The van der Waals surface area contributed by atoms with Gasteiger partial charge in [0.05, 0.1) is 0 Å². The van der Waals surface area contributed by atoms with E-state index in [1.54, 1.807) is 0 Å². The second-order valence-electron chi connectivity index (χ2n) is 3.03. The molecule has 4 heteroatoms. The Bertz CT molecular complexity index is 125. The Hall–Kier alpha value is 0.800. The normalized spacial score (nSPS) is 13.4. The van der Waals surface area contributed by atoms with Crippen LogP contribution >= 0.6 is 29.8 Å². The Labute approximate surface area is 73.0 Å². The molecule has 0 saturated heterocycles. The molecule has 10 heavy (non-hydrogen) atoms. The van der Waals surface area contributed by atoms with E-state index < -0.39 is 6.20 Å². The van der Waals surface area contributed by atoms with E-state index >= 15 is 0 Å². The maximum Gasteiger partial charge on any atom is 0.480 e. The highest BCUT2D eigenvalue weighted by Crippen LogP contribution is 2.45. The first-order chi connectivity index (χ1) is 4.48. The lowest BCUT2D eigenvalue weighted by Crippen LogP contribution is -2.11. The molecule has 0 aliphatic carbocycles. The van der Waals surface area contributed by atoms with Gasteiger partial charge in [-0.2, -0.15) is 0 Å². The van der Waals surface area contributed by atoms with Crippen molar-refractivity contribution in [3.63, 3.8) is 0 Å². The summed E-state index contributed by atoms with van der Waals surface area (Å²) in [6.45, 7) is 6.49. The lowest BCUT2D eigenvalue weighted by atomic mass is 9.93.